The summed E-state index contributed by atoms with van der Waals surface area (Å²) in [7, 11) is 1.35. The quantitative estimate of drug-likeness (QED) is 0.313. The zero-order chi connectivity index (χ0) is 27.4. The molecular weight excluding hydrogens is 496 g/mol. The van der Waals surface area contributed by atoms with Crippen molar-refractivity contribution < 1.29 is 9.53 Å². The third kappa shape index (κ3) is 4.87. The zero-order valence-electron chi connectivity index (χ0n) is 22.4. The van der Waals surface area contributed by atoms with Gasteiger partial charge in [0.05, 0.1) is 7.11 Å². The summed E-state index contributed by atoms with van der Waals surface area (Å²) in [6, 6.07) is 9.69. The molecule has 4 heterocycles. The maximum atomic E-state index is 14.2. The fourth-order valence-electron chi connectivity index (χ4n) is 5.15. The highest BCUT2D eigenvalue weighted by Gasteiger charge is 2.33. The molecule has 1 aliphatic rings. The minimum atomic E-state index is -0.531. The third-order valence-corrected chi connectivity index (χ3v) is 7.28. The first-order valence-corrected chi connectivity index (χ1v) is 13.1. The van der Waals surface area contributed by atoms with Crippen molar-refractivity contribution in [1.82, 2.24) is 34.3 Å². The monoisotopic (exact) mass is 528 g/mol. The van der Waals surface area contributed by atoms with Crippen LogP contribution in [-0.2, 0) is 29.7 Å². The number of H-pyrrole nitrogens is 1. The number of aliphatic imine (C=N–C) groups is 1. The Hall–Kier alpha value is -4.54. The molecule has 3 aromatic heterocycles. The van der Waals surface area contributed by atoms with Crippen LogP contribution in [0.4, 0.5) is 0 Å². The number of unbranched alkanes of at least 4 members (excludes halogenated alkanes) is 1. The first-order chi connectivity index (χ1) is 19.0. The highest BCUT2D eigenvalue weighted by atomic mass is 16.5. The molecule has 202 valence electrons. The van der Waals surface area contributed by atoms with E-state index in [4.69, 9.17) is 4.74 Å². The lowest BCUT2D eigenvalue weighted by Gasteiger charge is -2.32. The van der Waals surface area contributed by atoms with Crippen LogP contribution in [0.3, 0.4) is 0 Å². The lowest BCUT2D eigenvalue weighted by Crippen LogP contribution is -2.37. The molecule has 0 saturated heterocycles. The van der Waals surface area contributed by atoms with E-state index in [2.05, 4.69) is 44.7 Å². The van der Waals surface area contributed by atoms with E-state index < -0.39 is 11.4 Å². The Bertz CT molecular complexity index is 1570. The van der Waals surface area contributed by atoms with Crippen molar-refractivity contribution in [3.05, 3.63) is 82.3 Å². The van der Waals surface area contributed by atoms with E-state index in [0.717, 1.165) is 36.1 Å². The second-order valence-electron chi connectivity index (χ2n) is 9.62. The number of allylic oxidation sites excluding steroid dienone is 1. The zero-order valence-corrected chi connectivity index (χ0v) is 22.4. The largest absolute Gasteiger partial charge is 0.465 e. The minimum absolute atomic E-state index is 0.204. The van der Waals surface area contributed by atoms with Gasteiger partial charge in [0.1, 0.15) is 11.4 Å². The molecule has 0 saturated carbocycles. The number of hydrogen-bond acceptors (Lipinski definition) is 7. The van der Waals surface area contributed by atoms with Gasteiger partial charge in [0.25, 0.3) is 0 Å². The highest BCUT2D eigenvalue weighted by molar-refractivity contribution is 5.93. The Kier molecular flexibility index (Phi) is 7.40. The predicted octanol–water partition coefficient (Wildman–Crippen LogP) is 3.70. The molecule has 1 aliphatic heterocycles. The van der Waals surface area contributed by atoms with E-state index >= 15 is 0 Å². The van der Waals surface area contributed by atoms with Crippen molar-refractivity contribution in [2.24, 2.45) is 4.99 Å². The van der Waals surface area contributed by atoms with Gasteiger partial charge in [-0.05, 0) is 49.1 Å². The normalized spacial score (nSPS) is 16.6. The van der Waals surface area contributed by atoms with Crippen LogP contribution < -0.4 is 5.69 Å². The Morgan fingerprint density at radius 2 is 2.10 bits per heavy atom. The molecule has 39 heavy (non-hydrogen) atoms. The summed E-state index contributed by atoms with van der Waals surface area (Å²) in [4.78, 5) is 31.1. The molecule has 0 spiro atoms. The van der Waals surface area contributed by atoms with Crippen LogP contribution in [0.5, 0.6) is 0 Å². The second kappa shape index (κ2) is 11.1. The summed E-state index contributed by atoms with van der Waals surface area (Å²) in [5.74, 6) is 0.538. The molecule has 4 aromatic rings. The van der Waals surface area contributed by atoms with Crippen LogP contribution >= 0.6 is 0 Å². The average molecular weight is 529 g/mol. The van der Waals surface area contributed by atoms with E-state index in [1.165, 1.54) is 7.11 Å². The first-order valence-electron chi connectivity index (χ1n) is 13.1. The van der Waals surface area contributed by atoms with Crippen LogP contribution in [-0.4, -0.2) is 53.6 Å². The number of hydrogen-bond donors (Lipinski definition) is 1. The van der Waals surface area contributed by atoms with Gasteiger partial charge in [-0.25, -0.2) is 9.59 Å². The number of esters is 1. The number of methoxy groups -OCH3 is 1. The number of aromatic amines is 1. The van der Waals surface area contributed by atoms with Crippen molar-refractivity contribution in [1.29, 1.82) is 0 Å². The van der Waals surface area contributed by atoms with Gasteiger partial charge in [-0.3, -0.25) is 14.1 Å². The summed E-state index contributed by atoms with van der Waals surface area (Å²) in [5.41, 5.74) is 2.37. The number of ether oxygens (including phenoxy) is 1. The number of nitrogens with zero attached hydrogens (tertiary/aromatic N) is 7. The van der Waals surface area contributed by atoms with Gasteiger partial charge in [-0.1, -0.05) is 37.6 Å². The average Bonchev–Trinajstić information content (AvgIpc) is 3.72. The molecule has 1 atom stereocenters. The maximum absolute atomic E-state index is 14.2. The number of imidazole rings is 1. The van der Waals surface area contributed by atoms with Crippen LogP contribution in [0.1, 0.15) is 54.7 Å². The number of nitrogens with one attached hydrogen (secondary N) is 1. The standard InChI is InChI=1S/C28H32N8O3/c1-4-6-10-22-18-35(25-23(26(37)39-3)11-16-34(25)5-2)27(38)36(22)19-28(12-14-29-15-13-28)21-9-7-8-20(17-21)24-30-32-33-31-24/h7-9,11-12,14-18H,4-6,10,13,19H2,1-3H3,(H,30,31,32,33). The van der Waals surface area contributed by atoms with Gasteiger partial charge >= 0.3 is 11.7 Å². The Morgan fingerprint density at radius 3 is 2.79 bits per heavy atom. The van der Waals surface area contributed by atoms with Gasteiger partial charge in [0.2, 0.25) is 5.82 Å². The predicted molar refractivity (Wildman–Crippen MR) is 147 cm³/mol. The first kappa shape index (κ1) is 26.1. The van der Waals surface area contributed by atoms with Crippen LogP contribution in [0.25, 0.3) is 17.2 Å². The van der Waals surface area contributed by atoms with Crippen molar-refractivity contribution in [2.75, 3.05) is 7.11 Å². The molecule has 1 N–H and O–H groups in total. The van der Waals surface area contributed by atoms with Gasteiger partial charge in [-0.15, -0.1) is 10.2 Å². The Balaban J connectivity index is 1.64. The molecule has 11 nitrogen and oxygen atoms in total. The summed E-state index contributed by atoms with van der Waals surface area (Å²) in [5, 5.41) is 14.5. The van der Waals surface area contributed by atoms with Crippen LogP contribution in [0, 0.1) is 0 Å². The number of rotatable bonds is 10. The van der Waals surface area contributed by atoms with Crippen LogP contribution in [0.2, 0.25) is 0 Å². The van der Waals surface area contributed by atoms with E-state index in [-0.39, 0.29) is 5.69 Å². The smallest absolute Gasteiger partial charge is 0.341 e. The number of carbonyl (C=O) groups excluding carboxylic acids is 1. The molecule has 0 bridgehead atoms. The van der Waals surface area contributed by atoms with Crippen molar-refractivity contribution in [2.45, 2.75) is 58.0 Å². The van der Waals surface area contributed by atoms with Gasteiger partial charge in [0, 0.05) is 54.6 Å². The maximum Gasteiger partial charge on any atom is 0.341 e. The van der Waals surface area contributed by atoms with Crippen molar-refractivity contribution in [3.63, 3.8) is 0 Å². The molecule has 0 aliphatic carbocycles. The van der Waals surface area contributed by atoms with Gasteiger partial charge in [-0.2, -0.15) is 5.21 Å². The van der Waals surface area contributed by atoms with Gasteiger partial charge in [0.15, 0.2) is 0 Å². The van der Waals surface area contributed by atoms with E-state index in [1.807, 2.05) is 52.9 Å². The fraction of sp³-hybridized carbons (Fsp3) is 0.357. The van der Waals surface area contributed by atoms with E-state index in [0.29, 0.717) is 36.7 Å². The highest BCUT2D eigenvalue weighted by Crippen LogP contribution is 2.35. The fourth-order valence-corrected chi connectivity index (χ4v) is 5.15. The molecule has 0 fully saturated rings. The summed E-state index contributed by atoms with van der Waals surface area (Å²) < 4.78 is 10.3. The molecule has 1 aromatic carbocycles. The van der Waals surface area contributed by atoms with E-state index in [1.54, 1.807) is 16.8 Å². The van der Waals surface area contributed by atoms with Crippen molar-refractivity contribution >= 4 is 12.2 Å². The molecule has 0 radical (unpaired) electrons. The number of carbonyl (C=O) groups is 1. The molecule has 0 amide bonds. The number of tetrazole rings is 1. The lowest BCUT2D eigenvalue weighted by molar-refractivity contribution is 0.0600. The van der Waals surface area contributed by atoms with Crippen LogP contribution in [0.15, 0.2) is 64.8 Å². The second-order valence-corrected chi connectivity index (χ2v) is 9.62. The summed E-state index contributed by atoms with van der Waals surface area (Å²) in [6.45, 7) is 5.10. The summed E-state index contributed by atoms with van der Waals surface area (Å²) in [6.07, 6.45) is 12.7. The number of aromatic nitrogens is 7. The third-order valence-electron chi connectivity index (χ3n) is 7.28. The summed E-state index contributed by atoms with van der Waals surface area (Å²) >= 11 is 0. The molecule has 1 unspecified atom stereocenters. The van der Waals surface area contributed by atoms with E-state index in [9.17, 15) is 9.59 Å². The van der Waals surface area contributed by atoms with Gasteiger partial charge < -0.3 is 9.30 Å². The SMILES string of the molecule is CCCCc1cn(-c2c(C(=O)OC)ccn2CC)c(=O)n1CC1(c2cccc(-c3nn[nH]n3)c2)C=CN=CC1. The number of aryl methyl sites for hydroxylation is 2. The minimum Gasteiger partial charge on any atom is -0.465 e. The Labute approximate surface area is 225 Å². The molecular formula is C28H32N8O3. The molecule has 11 heteroatoms. The molecule has 5 rings (SSSR count). The number of benzene rings is 1. The van der Waals surface area contributed by atoms with Crippen molar-refractivity contribution in [3.8, 4) is 17.2 Å². The Morgan fingerprint density at radius 1 is 1.23 bits per heavy atom. The lowest BCUT2D eigenvalue weighted by atomic mass is 9.76. The topological polar surface area (TPSA) is 125 Å².